The number of benzene rings is 1. The number of carboxylic acid groups (broad SMARTS) is 1. The molecule has 1 aromatic carbocycles. The van der Waals surface area contributed by atoms with Crippen LogP contribution in [0.15, 0.2) is 54.9 Å². The van der Waals surface area contributed by atoms with Crippen LogP contribution >= 0.6 is 0 Å². The van der Waals surface area contributed by atoms with E-state index < -0.39 is 12.0 Å². The molecule has 1 atom stereocenters. The lowest BCUT2D eigenvalue weighted by atomic mass is 10.1. The van der Waals surface area contributed by atoms with Gasteiger partial charge in [0.05, 0.1) is 6.54 Å². The third-order valence-corrected chi connectivity index (χ3v) is 3.07. The van der Waals surface area contributed by atoms with Crippen molar-refractivity contribution >= 4 is 11.8 Å². The molecule has 108 valence electrons. The number of hydrogen-bond donors (Lipinski definition) is 2. The minimum absolute atomic E-state index is 0.0322. The van der Waals surface area contributed by atoms with Crippen molar-refractivity contribution in [3.63, 3.8) is 0 Å². The highest BCUT2D eigenvalue weighted by atomic mass is 16.4. The Bertz CT molecular complexity index is 599. The van der Waals surface area contributed by atoms with Gasteiger partial charge in [-0.15, -0.1) is 0 Å². The Kier molecular flexibility index (Phi) is 5.17. The predicted molar refractivity (Wildman–Crippen MR) is 78.1 cm³/mol. The maximum Gasteiger partial charge on any atom is 0.321 e. The first-order chi connectivity index (χ1) is 10.2. The van der Waals surface area contributed by atoms with Crippen molar-refractivity contribution in [1.29, 1.82) is 0 Å². The van der Waals surface area contributed by atoms with Crippen LogP contribution < -0.4 is 5.32 Å². The van der Waals surface area contributed by atoms with Gasteiger partial charge in [-0.05, 0) is 24.1 Å². The van der Waals surface area contributed by atoms with Crippen LogP contribution in [0.5, 0.6) is 0 Å². The normalized spacial score (nSPS) is 11.8. The average molecular weight is 284 g/mol. The van der Waals surface area contributed by atoms with E-state index in [1.165, 1.54) is 6.20 Å². The zero-order valence-electron chi connectivity index (χ0n) is 11.4. The number of ketones is 1. The molecule has 1 heterocycles. The second-order valence-electron chi connectivity index (χ2n) is 4.63. The quantitative estimate of drug-likeness (QED) is 0.754. The molecule has 0 saturated carbocycles. The van der Waals surface area contributed by atoms with E-state index in [-0.39, 0.29) is 12.3 Å². The molecule has 5 heteroatoms. The fraction of sp³-hybridized carbons (Fsp3) is 0.188. The molecule has 0 unspecified atom stereocenters. The van der Waals surface area contributed by atoms with Crippen molar-refractivity contribution in [3.05, 3.63) is 66.0 Å². The van der Waals surface area contributed by atoms with E-state index in [9.17, 15) is 14.7 Å². The number of carbonyl (C=O) groups is 2. The van der Waals surface area contributed by atoms with Gasteiger partial charge in [-0.3, -0.25) is 19.9 Å². The highest BCUT2D eigenvalue weighted by molar-refractivity contribution is 5.97. The lowest BCUT2D eigenvalue weighted by Gasteiger charge is -2.14. The highest BCUT2D eigenvalue weighted by Crippen LogP contribution is 2.04. The van der Waals surface area contributed by atoms with Crippen molar-refractivity contribution in [2.24, 2.45) is 0 Å². The summed E-state index contributed by atoms with van der Waals surface area (Å²) in [5.41, 5.74) is 1.38. The molecule has 0 fully saturated rings. The van der Waals surface area contributed by atoms with Gasteiger partial charge in [-0.25, -0.2) is 0 Å². The molecule has 0 aliphatic carbocycles. The van der Waals surface area contributed by atoms with Crippen molar-refractivity contribution < 1.29 is 14.7 Å². The third kappa shape index (κ3) is 4.50. The predicted octanol–water partition coefficient (Wildman–Crippen LogP) is 1.55. The number of Topliss-reactive ketones (excluding diaryl/α,β-unsaturated/α-hetero) is 1. The molecule has 2 N–H and O–H groups in total. The lowest BCUT2D eigenvalue weighted by Crippen LogP contribution is -2.41. The van der Waals surface area contributed by atoms with Crippen LogP contribution in [0, 0.1) is 0 Å². The molecule has 5 nitrogen and oxygen atoms in total. The maximum atomic E-state index is 11.9. The van der Waals surface area contributed by atoms with Crippen LogP contribution in [0.3, 0.4) is 0 Å². The number of rotatable bonds is 7. The SMILES string of the molecule is O=C(CN[C@@H](Cc1ccccc1)C(=O)O)c1cccnc1. The summed E-state index contributed by atoms with van der Waals surface area (Å²) in [4.78, 5) is 27.1. The summed E-state index contributed by atoms with van der Waals surface area (Å²) in [6.07, 6.45) is 3.38. The van der Waals surface area contributed by atoms with E-state index in [0.717, 1.165) is 5.56 Å². The maximum absolute atomic E-state index is 11.9. The summed E-state index contributed by atoms with van der Waals surface area (Å²) < 4.78 is 0. The Balaban J connectivity index is 1.95. The number of carbonyl (C=O) groups excluding carboxylic acids is 1. The minimum Gasteiger partial charge on any atom is -0.480 e. The summed E-state index contributed by atoms with van der Waals surface area (Å²) in [5, 5.41) is 12.0. The van der Waals surface area contributed by atoms with E-state index >= 15 is 0 Å². The van der Waals surface area contributed by atoms with Gasteiger partial charge in [0.15, 0.2) is 5.78 Å². The van der Waals surface area contributed by atoms with Gasteiger partial charge in [0, 0.05) is 18.0 Å². The largest absolute Gasteiger partial charge is 0.480 e. The Hall–Kier alpha value is -2.53. The summed E-state index contributed by atoms with van der Waals surface area (Å²) in [5.74, 6) is -1.15. The second kappa shape index (κ2) is 7.31. The molecular weight excluding hydrogens is 268 g/mol. The fourth-order valence-corrected chi connectivity index (χ4v) is 1.94. The van der Waals surface area contributed by atoms with Gasteiger partial charge in [0.2, 0.25) is 0 Å². The van der Waals surface area contributed by atoms with E-state index in [0.29, 0.717) is 12.0 Å². The third-order valence-electron chi connectivity index (χ3n) is 3.07. The van der Waals surface area contributed by atoms with Crippen LogP contribution in [-0.2, 0) is 11.2 Å². The molecule has 0 amide bonds. The summed E-state index contributed by atoms with van der Waals surface area (Å²) in [6, 6.07) is 11.8. The molecule has 0 aliphatic rings. The van der Waals surface area contributed by atoms with Crippen LogP contribution in [0.2, 0.25) is 0 Å². The van der Waals surface area contributed by atoms with Crippen LogP contribution in [0.4, 0.5) is 0 Å². The monoisotopic (exact) mass is 284 g/mol. The summed E-state index contributed by atoms with van der Waals surface area (Å²) >= 11 is 0. The number of aliphatic carboxylic acids is 1. The minimum atomic E-state index is -0.974. The number of aromatic nitrogens is 1. The van der Waals surface area contributed by atoms with Crippen molar-refractivity contribution in [3.8, 4) is 0 Å². The van der Waals surface area contributed by atoms with Gasteiger partial charge in [-0.1, -0.05) is 30.3 Å². The standard InChI is InChI=1S/C16H16N2O3/c19-15(13-7-4-8-17-10-13)11-18-14(16(20)21)9-12-5-2-1-3-6-12/h1-8,10,14,18H,9,11H2,(H,20,21)/t14-/m0/s1. The number of nitrogens with zero attached hydrogens (tertiary/aromatic N) is 1. The first kappa shape index (κ1) is 14.9. The lowest BCUT2D eigenvalue weighted by molar-refractivity contribution is -0.139. The number of carboxylic acids is 1. The molecule has 0 spiro atoms. The molecule has 2 rings (SSSR count). The van der Waals surface area contributed by atoms with Crippen molar-refractivity contribution in [2.45, 2.75) is 12.5 Å². The van der Waals surface area contributed by atoms with E-state index in [1.54, 1.807) is 18.3 Å². The van der Waals surface area contributed by atoms with Gasteiger partial charge >= 0.3 is 5.97 Å². The Morgan fingerprint density at radius 1 is 1.14 bits per heavy atom. The van der Waals surface area contributed by atoms with Gasteiger partial charge in [-0.2, -0.15) is 0 Å². The number of pyridine rings is 1. The Morgan fingerprint density at radius 2 is 1.90 bits per heavy atom. The van der Waals surface area contributed by atoms with E-state index in [1.807, 2.05) is 30.3 Å². The Morgan fingerprint density at radius 3 is 2.52 bits per heavy atom. The first-order valence-electron chi connectivity index (χ1n) is 6.60. The average Bonchev–Trinajstić information content (AvgIpc) is 2.52. The fourth-order valence-electron chi connectivity index (χ4n) is 1.94. The molecule has 0 radical (unpaired) electrons. The van der Waals surface area contributed by atoms with Crippen LogP contribution in [0.25, 0.3) is 0 Å². The summed E-state index contributed by atoms with van der Waals surface area (Å²) in [6.45, 7) is -0.0322. The first-order valence-corrected chi connectivity index (χ1v) is 6.60. The van der Waals surface area contributed by atoms with Crippen molar-refractivity contribution in [1.82, 2.24) is 10.3 Å². The van der Waals surface area contributed by atoms with Crippen LogP contribution in [-0.4, -0.2) is 34.4 Å². The summed E-state index contributed by atoms with van der Waals surface area (Å²) in [7, 11) is 0. The molecule has 2 aromatic rings. The zero-order valence-corrected chi connectivity index (χ0v) is 11.4. The number of hydrogen-bond acceptors (Lipinski definition) is 4. The van der Waals surface area contributed by atoms with Crippen molar-refractivity contribution in [2.75, 3.05) is 6.54 Å². The molecule has 1 aromatic heterocycles. The molecule has 0 bridgehead atoms. The van der Waals surface area contributed by atoms with E-state index in [4.69, 9.17) is 0 Å². The smallest absolute Gasteiger partial charge is 0.321 e. The van der Waals surface area contributed by atoms with Crippen LogP contribution in [0.1, 0.15) is 15.9 Å². The molecule has 0 saturated heterocycles. The highest BCUT2D eigenvalue weighted by Gasteiger charge is 2.18. The second-order valence-corrected chi connectivity index (χ2v) is 4.63. The van der Waals surface area contributed by atoms with Gasteiger partial charge in [0.25, 0.3) is 0 Å². The van der Waals surface area contributed by atoms with Gasteiger partial charge < -0.3 is 5.11 Å². The topological polar surface area (TPSA) is 79.3 Å². The van der Waals surface area contributed by atoms with E-state index in [2.05, 4.69) is 10.3 Å². The molecule has 21 heavy (non-hydrogen) atoms. The number of nitrogens with one attached hydrogen (secondary N) is 1. The molecular formula is C16H16N2O3. The Labute approximate surface area is 122 Å². The molecule has 0 aliphatic heterocycles. The van der Waals surface area contributed by atoms with Gasteiger partial charge in [0.1, 0.15) is 6.04 Å². The zero-order chi connectivity index (χ0) is 15.1.